The van der Waals surface area contributed by atoms with Gasteiger partial charge in [-0.2, -0.15) is 0 Å². The lowest BCUT2D eigenvalue weighted by Crippen LogP contribution is -2.82. The topological polar surface area (TPSA) is 227 Å². The average molecular weight is 912 g/mol. The molecule has 16 nitrogen and oxygen atoms in total. The predicted molar refractivity (Wildman–Crippen MR) is 233 cm³/mol. The summed E-state index contributed by atoms with van der Waals surface area (Å²) in [6.45, 7) is 9.52. The van der Waals surface area contributed by atoms with E-state index in [0.29, 0.717) is 6.42 Å². The van der Waals surface area contributed by atoms with Crippen molar-refractivity contribution in [2.24, 2.45) is 22.7 Å². The summed E-state index contributed by atoms with van der Waals surface area (Å²) in [6.07, 6.45) is -3.04. The first kappa shape index (κ1) is 48.0. The summed E-state index contributed by atoms with van der Waals surface area (Å²) in [7, 11) is 0. The Labute approximate surface area is 382 Å². The molecule has 5 aliphatic rings. The van der Waals surface area contributed by atoms with Gasteiger partial charge in [0, 0.05) is 50.0 Å². The van der Waals surface area contributed by atoms with E-state index in [2.05, 4.69) is 5.32 Å². The fraction of sp³-hybridized carbons (Fsp3) is 0.500. The van der Waals surface area contributed by atoms with Crippen molar-refractivity contribution in [1.82, 2.24) is 5.32 Å². The van der Waals surface area contributed by atoms with Crippen LogP contribution in [0.25, 0.3) is 0 Å². The molecule has 2 aromatic carbocycles. The third-order valence-electron chi connectivity index (χ3n) is 14.4. The average Bonchev–Trinajstić information content (AvgIpc) is 3.28. The SMILES string of the molecule is CCC(=O)O[C@@H](C(=O)O[C@H]1C[C@@]2(O)[C@@H](OC(=O)c3ccccc3)[C@@H]3[C@]4(OC(C)=O)CO[C@@H]4C[C@H](O)[C@@]3(C)C(=O)[C@H](OC(C)=O)C(=C1C)C2(C)C)[C@@H](NC(=O)c1ccccc1)C1C=CC=CC1. The van der Waals surface area contributed by atoms with E-state index in [1.165, 1.54) is 32.9 Å². The minimum atomic E-state index is -2.42. The molecule has 16 heteroatoms. The van der Waals surface area contributed by atoms with Crippen LogP contribution in [0.2, 0.25) is 0 Å². The molecule has 7 rings (SSSR count). The van der Waals surface area contributed by atoms with E-state index < -0.39 is 124 Å². The maximum atomic E-state index is 15.6. The van der Waals surface area contributed by atoms with Crippen LogP contribution in [-0.2, 0) is 52.4 Å². The molecule has 66 heavy (non-hydrogen) atoms. The summed E-state index contributed by atoms with van der Waals surface area (Å²) in [5.74, 6) is -8.12. The van der Waals surface area contributed by atoms with Crippen LogP contribution in [0.1, 0.15) is 94.9 Å². The number of esters is 5. The number of aliphatic hydroxyl groups excluding tert-OH is 1. The van der Waals surface area contributed by atoms with Crippen molar-refractivity contribution in [3.63, 3.8) is 0 Å². The third kappa shape index (κ3) is 8.27. The largest absolute Gasteiger partial charge is 0.455 e. The number of ketones is 1. The molecule has 12 atom stereocenters. The van der Waals surface area contributed by atoms with E-state index in [-0.39, 0.29) is 41.7 Å². The fourth-order valence-electron chi connectivity index (χ4n) is 10.8. The van der Waals surface area contributed by atoms with E-state index in [4.69, 9.17) is 28.4 Å². The second-order valence-corrected chi connectivity index (χ2v) is 18.5. The van der Waals surface area contributed by atoms with Crippen LogP contribution in [0.4, 0.5) is 0 Å². The van der Waals surface area contributed by atoms with Crippen molar-refractivity contribution >= 4 is 41.5 Å². The smallest absolute Gasteiger partial charge is 0.350 e. The van der Waals surface area contributed by atoms with E-state index in [1.807, 2.05) is 6.08 Å². The van der Waals surface area contributed by atoms with Crippen molar-refractivity contribution in [3.05, 3.63) is 107 Å². The standard InChI is InChI=1S/C50H57NO15/c1-8-36(55)64-40(38(30-18-12-9-13-19-30)51-44(57)31-20-14-10-15-21-31)46(59)63-33-25-50(60)43(65-45(58)32-22-16-11-17-23-32)41-48(7,34(54)24-35-49(41,26-61-35)66-29(4)53)42(56)39(62-28(3)52)37(27(33)2)47(50,5)6/h9-18,20-23,30,33-35,38-41,43,54,60H,8,19,24-26H2,1-7H3,(H,51,57)/t30?,33-,34-,35+,38-,39+,40+,41-,43-,48+,49-,50+/m0/s1. The maximum absolute atomic E-state index is 15.6. The number of benzene rings is 2. The number of carbonyl (C=O) groups is 7. The second-order valence-electron chi connectivity index (χ2n) is 18.5. The Morgan fingerprint density at radius 2 is 1.55 bits per heavy atom. The molecule has 2 bridgehead atoms. The number of Topliss-reactive ketones (excluding diaryl/α,β-unsaturated/α-hetero) is 1. The lowest BCUT2D eigenvalue weighted by atomic mass is 9.44. The van der Waals surface area contributed by atoms with E-state index >= 15 is 4.79 Å². The molecular formula is C50H57NO15. The van der Waals surface area contributed by atoms with Crippen molar-refractivity contribution in [1.29, 1.82) is 0 Å². The highest BCUT2D eigenvalue weighted by molar-refractivity contribution is 5.96. The fourth-order valence-corrected chi connectivity index (χ4v) is 10.8. The number of allylic oxidation sites excluding steroid dienone is 3. The molecule has 1 amide bonds. The van der Waals surface area contributed by atoms with Gasteiger partial charge >= 0.3 is 29.8 Å². The van der Waals surface area contributed by atoms with Gasteiger partial charge in [-0.05, 0) is 55.7 Å². The van der Waals surface area contributed by atoms with Gasteiger partial charge in [-0.1, -0.05) is 81.5 Å². The second kappa shape index (κ2) is 18.4. The van der Waals surface area contributed by atoms with Crippen molar-refractivity contribution < 1.29 is 72.2 Å². The number of ether oxygens (including phenoxy) is 6. The lowest BCUT2D eigenvalue weighted by molar-refractivity contribution is -0.346. The highest BCUT2D eigenvalue weighted by Gasteiger charge is 2.78. The molecule has 0 spiro atoms. The monoisotopic (exact) mass is 911 g/mol. The maximum Gasteiger partial charge on any atom is 0.350 e. The molecule has 2 saturated carbocycles. The van der Waals surface area contributed by atoms with Gasteiger partial charge in [0.25, 0.3) is 5.91 Å². The number of hydrogen-bond donors (Lipinski definition) is 3. The Bertz CT molecular complexity index is 2360. The first-order valence-corrected chi connectivity index (χ1v) is 22.2. The Kier molecular flexibility index (Phi) is 13.4. The molecule has 2 aromatic rings. The Hall–Kier alpha value is -5.97. The van der Waals surface area contributed by atoms with Crippen LogP contribution in [0.15, 0.2) is 96.1 Å². The number of fused-ring (bicyclic) bond motifs is 5. The lowest BCUT2D eigenvalue weighted by Gasteiger charge is -2.67. The van der Waals surface area contributed by atoms with Crippen molar-refractivity contribution in [2.75, 3.05) is 6.61 Å². The van der Waals surface area contributed by atoms with Crippen LogP contribution in [0, 0.1) is 22.7 Å². The first-order chi connectivity index (χ1) is 31.2. The zero-order valence-electron chi connectivity index (χ0n) is 38.0. The van der Waals surface area contributed by atoms with Gasteiger partial charge < -0.3 is 44.0 Å². The number of nitrogens with one attached hydrogen (secondary N) is 1. The predicted octanol–water partition coefficient (Wildman–Crippen LogP) is 4.46. The molecule has 3 N–H and O–H groups in total. The summed E-state index contributed by atoms with van der Waals surface area (Å²) >= 11 is 0. The van der Waals surface area contributed by atoms with Crippen LogP contribution in [0.3, 0.4) is 0 Å². The minimum absolute atomic E-state index is 0.00760. The molecule has 0 radical (unpaired) electrons. The number of carbonyl (C=O) groups excluding carboxylic acids is 7. The van der Waals surface area contributed by atoms with Crippen molar-refractivity contribution in [2.45, 2.75) is 128 Å². The highest BCUT2D eigenvalue weighted by atomic mass is 16.6. The van der Waals surface area contributed by atoms with E-state index in [1.54, 1.807) is 80.6 Å². The van der Waals surface area contributed by atoms with Gasteiger partial charge in [-0.3, -0.25) is 24.0 Å². The molecular weight excluding hydrogens is 855 g/mol. The van der Waals surface area contributed by atoms with Gasteiger partial charge in [0.05, 0.1) is 35.6 Å². The quantitative estimate of drug-likeness (QED) is 0.152. The third-order valence-corrected chi connectivity index (χ3v) is 14.4. The molecule has 1 saturated heterocycles. The van der Waals surface area contributed by atoms with Gasteiger partial charge in [-0.25, -0.2) is 9.59 Å². The summed E-state index contributed by atoms with van der Waals surface area (Å²) < 4.78 is 36.5. The number of hydrogen-bond acceptors (Lipinski definition) is 15. The van der Waals surface area contributed by atoms with Crippen LogP contribution in [-0.4, -0.2) is 112 Å². The molecule has 3 fully saturated rings. The Balaban J connectivity index is 1.41. The van der Waals surface area contributed by atoms with Crippen molar-refractivity contribution in [3.8, 4) is 0 Å². The highest BCUT2D eigenvalue weighted by Crippen LogP contribution is 2.64. The number of rotatable bonds is 12. The van der Waals surface area contributed by atoms with E-state index in [9.17, 15) is 39.0 Å². The first-order valence-electron chi connectivity index (χ1n) is 22.2. The summed E-state index contributed by atoms with van der Waals surface area (Å²) in [5, 5.41) is 28.9. The summed E-state index contributed by atoms with van der Waals surface area (Å²) in [5.41, 5.74) is -7.47. The summed E-state index contributed by atoms with van der Waals surface area (Å²) in [4.78, 5) is 98.1. The van der Waals surface area contributed by atoms with Gasteiger partial charge in [0.2, 0.25) is 6.10 Å². The zero-order chi connectivity index (χ0) is 47.9. The normalized spacial score (nSPS) is 32.6. The Morgan fingerprint density at radius 3 is 2.11 bits per heavy atom. The number of amides is 1. The van der Waals surface area contributed by atoms with Crippen LogP contribution >= 0.6 is 0 Å². The molecule has 1 unspecified atom stereocenters. The number of aliphatic hydroxyl groups is 2. The Morgan fingerprint density at radius 1 is 0.894 bits per heavy atom. The molecule has 352 valence electrons. The van der Waals surface area contributed by atoms with Crippen LogP contribution < -0.4 is 5.32 Å². The van der Waals surface area contributed by atoms with Gasteiger partial charge in [0.15, 0.2) is 17.5 Å². The van der Waals surface area contributed by atoms with Gasteiger partial charge in [-0.15, -0.1) is 0 Å². The molecule has 0 aromatic heterocycles. The van der Waals surface area contributed by atoms with Gasteiger partial charge in [0.1, 0.15) is 23.9 Å². The minimum Gasteiger partial charge on any atom is -0.455 e. The summed E-state index contributed by atoms with van der Waals surface area (Å²) in [6, 6.07) is 14.9. The molecule has 1 aliphatic heterocycles. The zero-order valence-corrected chi connectivity index (χ0v) is 38.0. The van der Waals surface area contributed by atoms with Crippen LogP contribution in [0.5, 0.6) is 0 Å². The molecule has 1 heterocycles. The molecule has 4 aliphatic carbocycles. The van der Waals surface area contributed by atoms with E-state index in [0.717, 1.165) is 13.8 Å².